The van der Waals surface area contributed by atoms with E-state index in [9.17, 15) is 9.59 Å². The molecule has 152 valence electrons. The van der Waals surface area contributed by atoms with E-state index in [1.54, 1.807) is 62.8 Å². The van der Waals surface area contributed by atoms with Gasteiger partial charge in [-0.15, -0.1) is 0 Å². The number of carbonyl (C=O) groups is 2. The van der Waals surface area contributed by atoms with Crippen molar-refractivity contribution in [3.63, 3.8) is 0 Å². The summed E-state index contributed by atoms with van der Waals surface area (Å²) in [6.07, 6.45) is 0. The van der Waals surface area contributed by atoms with E-state index in [-0.39, 0.29) is 12.2 Å². The Morgan fingerprint density at radius 1 is 0.966 bits per heavy atom. The van der Waals surface area contributed by atoms with Gasteiger partial charge >= 0.3 is 12.0 Å². The van der Waals surface area contributed by atoms with Crippen LogP contribution in [-0.4, -0.2) is 39.9 Å². The predicted octanol–water partition coefficient (Wildman–Crippen LogP) is 2.56. The van der Waals surface area contributed by atoms with E-state index in [0.717, 1.165) is 0 Å². The largest absolute Gasteiger partial charge is 0.497 e. The highest BCUT2D eigenvalue weighted by atomic mass is 16.5. The maximum atomic E-state index is 12.5. The van der Waals surface area contributed by atoms with Crippen LogP contribution in [0.2, 0.25) is 0 Å². The molecule has 2 N–H and O–H groups in total. The summed E-state index contributed by atoms with van der Waals surface area (Å²) >= 11 is 0. The molecule has 1 heterocycles. The van der Waals surface area contributed by atoms with Crippen LogP contribution in [0.3, 0.4) is 0 Å². The third-order valence-corrected chi connectivity index (χ3v) is 4.43. The van der Waals surface area contributed by atoms with Crippen molar-refractivity contribution in [3.05, 3.63) is 65.4 Å². The quantitative estimate of drug-likeness (QED) is 0.696. The van der Waals surface area contributed by atoms with Gasteiger partial charge in [0, 0.05) is 0 Å². The van der Waals surface area contributed by atoms with Crippen molar-refractivity contribution >= 4 is 12.0 Å². The number of amides is 2. The summed E-state index contributed by atoms with van der Waals surface area (Å²) in [7, 11) is 4.41. The van der Waals surface area contributed by atoms with E-state index >= 15 is 0 Å². The van der Waals surface area contributed by atoms with Gasteiger partial charge in [-0.3, -0.25) is 0 Å². The normalized spacial score (nSPS) is 15.8. The second kappa shape index (κ2) is 9.01. The first kappa shape index (κ1) is 20.1. The van der Waals surface area contributed by atoms with Crippen molar-refractivity contribution in [1.29, 1.82) is 0 Å². The number of rotatable bonds is 7. The Labute approximate surface area is 168 Å². The van der Waals surface area contributed by atoms with Gasteiger partial charge in [0.15, 0.2) is 0 Å². The summed E-state index contributed by atoms with van der Waals surface area (Å²) in [5.41, 5.74) is 1.26. The minimum atomic E-state index is -0.708. The standard InChI is InChI=1S/C21H22N2O6/c1-26-14-7-9-15(10-8-14)29-12-17-18(20(24)28-3)19(23-21(25)22-17)13-5-4-6-16(11-13)27-2/h4-11,19H,12H2,1-3H3,(H2,22,23,25)/t19-/m1/s1. The average Bonchev–Trinajstić information content (AvgIpc) is 2.77. The number of hydrogen-bond acceptors (Lipinski definition) is 6. The van der Waals surface area contributed by atoms with Crippen molar-refractivity contribution in [1.82, 2.24) is 10.6 Å². The Morgan fingerprint density at radius 3 is 2.31 bits per heavy atom. The average molecular weight is 398 g/mol. The van der Waals surface area contributed by atoms with Crippen LogP contribution in [0.1, 0.15) is 11.6 Å². The van der Waals surface area contributed by atoms with Crippen LogP contribution < -0.4 is 24.8 Å². The molecule has 0 spiro atoms. The zero-order valence-electron chi connectivity index (χ0n) is 16.4. The van der Waals surface area contributed by atoms with Crippen LogP contribution in [0.4, 0.5) is 4.79 Å². The van der Waals surface area contributed by atoms with Crippen LogP contribution in [-0.2, 0) is 9.53 Å². The number of nitrogens with one attached hydrogen (secondary N) is 2. The Morgan fingerprint density at radius 2 is 1.66 bits per heavy atom. The van der Waals surface area contributed by atoms with Crippen molar-refractivity contribution in [3.8, 4) is 17.2 Å². The van der Waals surface area contributed by atoms with E-state index in [4.69, 9.17) is 18.9 Å². The van der Waals surface area contributed by atoms with Crippen molar-refractivity contribution in [2.24, 2.45) is 0 Å². The third-order valence-electron chi connectivity index (χ3n) is 4.43. The molecule has 8 heteroatoms. The molecule has 0 aromatic heterocycles. The van der Waals surface area contributed by atoms with Gasteiger partial charge in [-0.2, -0.15) is 0 Å². The first-order valence-electron chi connectivity index (χ1n) is 8.85. The molecular formula is C21H22N2O6. The molecule has 0 saturated carbocycles. The van der Waals surface area contributed by atoms with Crippen LogP contribution in [0.15, 0.2) is 59.8 Å². The molecule has 1 aliphatic rings. The summed E-state index contributed by atoms with van der Waals surface area (Å²) in [6, 6.07) is 12.9. The van der Waals surface area contributed by atoms with E-state index in [0.29, 0.717) is 28.5 Å². The predicted molar refractivity (Wildman–Crippen MR) is 105 cm³/mol. The van der Waals surface area contributed by atoms with Gasteiger partial charge in [0.25, 0.3) is 0 Å². The highest BCUT2D eigenvalue weighted by molar-refractivity contribution is 5.95. The summed E-state index contributed by atoms with van der Waals surface area (Å²) in [6.45, 7) is -0.0232. The second-order valence-corrected chi connectivity index (χ2v) is 6.16. The minimum Gasteiger partial charge on any atom is -0.497 e. The summed E-state index contributed by atoms with van der Waals surface area (Å²) < 4.78 is 21.1. The molecule has 0 bridgehead atoms. The lowest BCUT2D eigenvalue weighted by Gasteiger charge is -2.29. The number of hydrogen-bond donors (Lipinski definition) is 2. The fourth-order valence-electron chi connectivity index (χ4n) is 2.98. The van der Waals surface area contributed by atoms with Gasteiger partial charge in [0.2, 0.25) is 0 Å². The lowest BCUT2D eigenvalue weighted by Crippen LogP contribution is -2.47. The monoisotopic (exact) mass is 398 g/mol. The van der Waals surface area contributed by atoms with Crippen LogP contribution >= 0.6 is 0 Å². The van der Waals surface area contributed by atoms with Gasteiger partial charge in [0.1, 0.15) is 23.9 Å². The maximum absolute atomic E-state index is 12.5. The van der Waals surface area contributed by atoms with Crippen LogP contribution in [0.25, 0.3) is 0 Å². The molecule has 0 aliphatic carbocycles. The van der Waals surface area contributed by atoms with Crippen LogP contribution in [0.5, 0.6) is 17.2 Å². The molecule has 3 rings (SSSR count). The van der Waals surface area contributed by atoms with Crippen molar-refractivity contribution < 1.29 is 28.5 Å². The van der Waals surface area contributed by atoms with Gasteiger partial charge in [0.05, 0.1) is 38.6 Å². The SMILES string of the molecule is COC(=O)C1=C(COc2ccc(OC)cc2)NC(=O)N[C@@H]1c1cccc(OC)c1. The Balaban J connectivity index is 1.93. The van der Waals surface area contributed by atoms with Gasteiger partial charge in [-0.05, 0) is 42.0 Å². The lowest BCUT2D eigenvalue weighted by molar-refractivity contribution is -0.136. The molecule has 0 fully saturated rings. The van der Waals surface area contributed by atoms with Gasteiger partial charge in [-0.1, -0.05) is 12.1 Å². The Hall–Kier alpha value is -3.68. The first-order chi connectivity index (χ1) is 14.0. The molecule has 2 amide bonds. The molecule has 29 heavy (non-hydrogen) atoms. The Bertz CT molecular complexity index is 923. The molecule has 2 aromatic carbocycles. The smallest absolute Gasteiger partial charge is 0.338 e. The molecule has 0 unspecified atom stereocenters. The Kier molecular flexibility index (Phi) is 6.23. The number of urea groups is 1. The van der Waals surface area contributed by atoms with Gasteiger partial charge in [-0.25, -0.2) is 9.59 Å². The molecule has 0 radical (unpaired) electrons. The highest BCUT2D eigenvalue weighted by Crippen LogP contribution is 2.30. The van der Waals surface area contributed by atoms with E-state index in [1.807, 2.05) is 0 Å². The zero-order chi connectivity index (χ0) is 20.8. The van der Waals surface area contributed by atoms with Gasteiger partial charge < -0.3 is 29.6 Å². The van der Waals surface area contributed by atoms with Crippen molar-refractivity contribution in [2.75, 3.05) is 27.9 Å². The minimum absolute atomic E-state index is 0.0232. The number of benzene rings is 2. The van der Waals surface area contributed by atoms with Crippen LogP contribution in [0, 0.1) is 0 Å². The number of esters is 1. The summed E-state index contributed by atoms with van der Waals surface area (Å²) in [5, 5.41) is 5.41. The summed E-state index contributed by atoms with van der Waals surface area (Å²) in [5.74, 6) is 1.29. The summed E-state index contributed by atoms with van der Waals surface area (Å²) in [4.78, 5) is 24.8. The molecule has 1 aliphatic heterocycles. The zero-order valence-corrected chi connectivity index (χ0v) is 16.4. The lowest BCUT2D eigenvalue weighted by atomic mass is 9.95. The molecule has 2 aromatic rings. The fourth-order valence-corrected chi connectivity index (χ4v) is 2.98. The van der Waals surface area contributed by atoms with E-state index in [1.165, 1.54) is 7.11 Å². The highest BCUT2D eigenvalue weighted by Gasteiger charge is 2.34. The molecule has 1 atom stereocenters. The molecule has 8 nitrogen and oxygen atoms in total. The number of methoxy groups -OCH3 is 3. The second-order valence-electron chi connectivity index (χ2n) is 6.16. The van der Waals surface area contributed by atoms with E-state index < -0.39 is 18.0 Å². The fraction of sp³-hybridized carbons (Fsp3) is 0.238. The molecular weight excluding hydrogens is 376 g/mol. The third kappa shape index (κ3) is 4.60. The maximum Gasteiger partial charge on any atom is 0.338 e. The first-order valence-corrected chi connectivity index (χ1v) is 8.85. The van der Waals surface area contributed by atoms with Crippen molar-refractivity contribution in [2.45, 2.75) is 6.04 Å². The number of ether oxygens (including phenoxy) is 4. The molecule has 0 saturated heterocycles. The van der Waals surface area contributed by atoms with E-state index in [2.05, 4.69) is 10.6 Å². The number of carbonyl (C=O) groups excluding carboxylic acids is 2. The topological polar surface area (TPSA) is 95.1 Å².